The van der Waals surface area contributed by atoms with Crippen LogP contribution in [-0.4, -0.2) is 14.2 Å². The number of benzene rings is 4. The molecule has 0 radical (unpaired) electrons. The molecule has 0 bridgehead atoms. The third-order valence-corrected chi connectivity index (χ3v) is 5.08. The fraction of sp³-hybridized carbons (Fsp3) is 0.0714. The fourth-order valence-electron chi connectivity index (χ4n) is 3.48. The van der Waals surface area contributed by atoms with Gasteiger partial charge in [-0.05, 0) is 54.1 Å². The molecule has 4 aromatic carbocycles. The zero-order valence-corrected chi connectivity index (χ0v) is 17.7. The standard InChI is InChI=1S/C28H25NO2/c1-30-27-20-17-23(28(21-27)31-2)16-13-22-14-18-26(19-15-22)29(24-9-5-3-6-10-24)25-11-7-4-8-12-25/h3-21H,1-2H3/b16-13+. The third kappa shape index (κ3) is 4.78. The number of hydrogen-bond donors (Lipinski definition) is 0. The summed E-state index contributed by atoms with van der Waals surface area (Å²) in [5.41, 5.74) is 5.47. The fourth-order valence-corrected chi connectivity index (χ4v) is 3.48. The molecule has 4 aromatic rings. The molecule has 3 nitrogen and oxygen atoms in total. The van der Waals surface area contributed by atoms with E-state index >= 15 is 0 Å². The second-order valence-corrected chi connectivity index (χ2v) is 7.04. The maximum atomic E-state index is 5.49. The highest BCUT2D eigenvalue weighted by Crippen LogP contribution is 2.34. The number of rotatable bonds is 7. The van der Waals surface area contributed by atoms with Crippen molar-refractivity contribution in [1.82, 2.24) is 0 Å². The van der Waals surface area contributed by atoms with Crippen LogP contribution in [0, 0.1) is 0 Å². The second kappa shape index (κ2) is 9.68. The van der Waals surface area contributed by atoms with Gasteiger partial charge in [0.15, 0.2) is 0 Å². The molecule has 0 atom stereocenters. The Bertz CT molecular complexity index is 1100. The summed E-state index contributed by atoms with van der Waals surface area (Å²) < 4.78 is 10.8. The minimum absolute atomic E-state index is 0.778. The molecule has 0 saturated carbocycles. The largest absolute Gasteiger partial charge is 0.497 e. The van der Waals surface area contributed by atoms with Crippen molar-refractivity contribution in [3.63, 3.8) is 0 Å². The van der Waals surface area contributed by atoms with Gasteiger partial charge < -0.3 is 14.4 Å². The second-order valence-electron chi connectivity index (χ2n) is 7.04. The first-order valence-corrected chi connectivity index (χ1v) is 10.2. The topological polar surface area (TPSA) is 21.7 Å². The van der Waals surface area contributed by atoms with E-state index in [4.69, 9.17) is 9.47 Å². The Morgan fingerprint density at radius 1 is 0.581 bits per heavy atom. The average Bonchev–Trinajstić information content (AvgIpc) is 2.85. The summed E-state index contributed by atoms with van der Waals surface area (Å²) in [6, 6.07) is 35.2. The number of hydrogen-bond acceptors (Lipinski definition) is 3. The normalized spacial score (nSPS) is 10.8. The van der Waals surface area contributed by atoms with Crippen molar-refractivity contribution < 1.29 is 9.47 Å². The maximum absolute atomic E-state index is 5.49. The van der Waals surface area contributed by atoms with Crippen molar-refractivity contribution in [3.05, 3.63) is 114 Å². The predicted octanol–water partition coefficient (Wildman–Crippen LogP) is 7.34. The first kappa shape index (κ1) is 20.3. The highest BCUT2D eigenvalue weighted by Gasteiger charge is 2.11. The first-order valence-electron chi connectivity index (χ1n) is 10.2. The number of nitrogens with zero attached hydrogens (tertiary/aromatic N) is 1. The minimum atomic E-state index is 0.778. The van der Waals surface area contributed by atoms with E-state index in [1.54, 1.807) is 14.2 Å². The van der Waals surface area contributed by atoms with E-state index in [1.165, 1.54) is 0 Å². The van der Waals surface area contributed by atoms with Gasteiger partial charge in [-0.15, -0.1) is 0 Å². The Morgan fingerprint density at radius 2 is 1.16 bits per heavy atom. The molecule has 3 heteroatoms. The molecule has 0 heterocycles. The molecular weight excluding hydrogens is 382 g/mol. The molecular formula is C28H25NO2. The molecule has 31 heavy (non-hydrogen) atoms. The summed E-state index contributed by atoms with van der Waals surface area (Å²) in [7, 11) is 3.32. The lowest BCUT2D eigenvalue weighted by atomic mass is 10.1. The van der Waals surface area contributed by atoms with E-state index in [0.717, 1.165) is 39.7 Å². The van der Waals surface area contributed by atoms with E-state index in [0.29, 0.717) is 0 Å². The maximum Gasteiger partial charge on any atom is 0.129 e. The molecule has 0 aromatic heterocycles. The number of ether oxygens (including phenoxy) is 2. The van der Waals surface area contributed by atoms with E-state index in [9.17, 15) is 0 Å². The van der Waals surface area contributed by atoms with Crippen LogP contribution in [-0.2, 0) is 0 Å². The molecule has 0 unspecified atom stereocenters. The Morgan fingerprint density at radius 3 is 1.71 bits per heavy atom. The summed E-state index contributed by atoms with van der Waals surface area (Å²) in [6.45, 7) is 0. The lowest BCUT2D eigenvalue weighted by molar-refractivity contribution is 0.394. The lowest BCUT2D eigenvalue weighted by Gasteiger charge is -2.25. The van der Waals surface area contributed by atoms with Crippen molar-refractivity contribution in [3.8, 4) is 11.5 Å². The van der Waals surface area contributed by atoms with Gasteiger partial charge in [0.25, 0.3) is 0 Å². The molecule has 0 aliphatic rings. The molecule has 4 rings (SSSR count). The van der Waals surface area contributed by atoms with Crippen LogP contribution in [0.5, 0.6) is 11.5 Å². The first-order chi connectivity index (χ1) is 15.3. The van der Waals surface area contributed by atoms with Crippen LogP contribution in [0.25, 0.3) is 12.2 Å². The molecule has 0 fully saturated rings. The summed E-state index contributed by atoms with van der Waals surface area (Å²) in [5, 5.41) is 0. The van der Waals surface area contributed by atoms with Crippen molar-refractivity contribution in [2.75, 3.05) is 19.1 Å². The molecule has 0 N–H and O–H groups in total. The van der Waals surface area contributed by atoms with E-state index in [1.807, 2.05) is 30.3 Å². The van der Waals surface area contributed by atoms with E-state index in [2.05, 4.69) is 89.8 Å². The monoisotopic (exact) mass is 407 g/mol. The van der Waals surface area contributed by atoms with Gasteiger partial charge in [-0.25, -0.2) is 0 Å². The van der Waals surface area contributed by atoms with Crippen LogP contribution in [0.3, 0.4) is 0 Å². The van der Waals surface area contributed by atoms with Gasteiger partial charge in [-0.2, -0.15) is 0 Å². The molecule has 0 aliphatic heterocycles. The van der Waals surface area contributed by atoms with Crippen molar-refractivity contribution in [2.24, 2.45) is 0 Å². The highest BCUT2D eigenvalue weighted by atomic mass is 16.5. The van der Waals surface area contributed by atoms with Crippen molar-refractivity contribution in [1.29, 1.82) is 0 Å². The molecule has 0 spiro atoms. The molecule has 0 amide bonds. The van der Waals surface area contributed by atoms with Gasteiger partial charge in [0.2, 0.25) is 0 Å². The smallest absolute Gasteiger partial charge is 0.129 e. The average molecular weight is 408 g/mol. The van der Waals surface area contributed by atoms with E-state index in [-0.39, 0.29) is 0 Å². The number of para-hydroxylation sites is 2. The van der Waals surface area contributed by atoms with Crippen LogP contribution in [0.4, 0.5) is 17.1 Å². The highest BCUT2D eigenvalue weighted by molar-refractivity contribution is 5.78. The zero-order chi connectivity index (χ0) is 21.5. The van der Waals surface area contributed by atoms with Gasteiger partial charge >= 0.3 is 0 Å². The SMILES string of the molecule is COc1ccc(/C=C/c2ccc(N(c3ccccc3)c3ccccc3)cc2)c(OC)c1. The van der Waals surface area contributed by atoms with Gasteiger partial charge in [0.05, 0.1) is 14.2 Å². The third-order valence-electron chi connectivity index (χ3n) is 5.08. The van der Waals surface area contributed by atoms with Crippen molar-refractivity contribution >= 4 is 29.2 Å². The van der Waals surface area contributed by atoms with Gasteiger partial charge in [0.1, 0.15) is 11.5 Å². The van der Waals surface area contributed by atoms with E-state index < -0.39 is 0 Å². The zero-order valence-electron chi connectivity index (χ0n) is 17.7. The Balaban J connectivity index is 1.61. The van der Waals surface area contributed by atoms with Crippen LogP contribution in [0.1, 0.15) is 11.1 Å². The van der Waals surface area contributed by atoms with Gasteiger partial charge in [-0.3, -0.25) is 0 Å². The predicted molar refractivity (Wildman–Crippen MR) is 130 cm³/mol. The number of methoxy groups -OCH3 is 2. The molecule has 154 valence electrons. The minimum Gasteiger partial charge on any atom is -0.497 e. The summed E-state index contributed by atoms with van der Waals surface area (Å²) in [4.78, 5) is 2.25. The molecule has 0 saturated heterocycles. The summed E-state index contributed by atoms with van der Waals surface area (Å²) in [6.07, 6.45) is 4.14. The summed E-state index contributed by atoms with van der Waals surface area (Å²) in [5.74, 6) is 1.56. The lowest BCUT2D eigenvalue weighted by Crippen LogP contribution is -2.09. The Hall–Kier alpha value is -3.98. The van der Waals surface area contributed by atoms with Crippen LogP contribution in [0.15, 0.2) is 103 Å². The van der Waals surface area contributed by atoms with Crippen LogP contribution >= 0.6 is 0 Å². The Kier molecular flexibility index (Phi) is 6.34. The summed E-state index contributed by atoms with van der Waals surface area (Å²) >= 11 is 0. The Labute approximate surface area is 183 Å². The van der Waals surface area contributed by atoms with Crippen molar-refractivity contribution in [2.45, 2.75) is 0 Å². The number of anilines is 3. The quantitative estimate of drug-likeness (QED) is 0.299. The van der Waals surface area contributed by atoms with Gasteiger partial charge in [0, 0.05) is 28.7 Å². The van der Waals surface area contributed by atoms with Crippen LogP contribution in [0.2, 0.25) is 0 Å². The van der Waals surface area contributed by atoms with Gasteiger partial charge in [-0.1, -0.05) is 60.7 Å². The molecule has 0 aliphatic carbocycles. The van der Waals surface area contributed by atoms with Crippen LogP contribution < -0.4 is 14.4 Å².